The van der Waals surface area contributed by atoms with E-state index in [9.17, 15) is 4.79 Å². The van der Waals surface area contributed by atoms with E-state index in [4.69, 9.17) is 5.26 Å². The fourth-order valence-electron chi connectivity index (χ4n) is 2.02. The van der Waals surface area contributed by atoms with Crippen molar-refractivity contribution < 1.29 is 4.79 Å². The van der Waals surface area contributed by atoms with Crippen molar-refractivity contribution in [1.29, 1.82) is 5.26 Å². The maximum atomic E-state index is 11.8. The number of nitriles is 1. The van der Waals surface area contributed by atoms with Crippen LogP contribution in [0.25, 0.3) is 0 Å². The van der Waals surface area contributed by atoms with Gasteiger partial charge in [0.2, 0.25) is 0 Å². The van der Waals surface area contributed by atoms with E-state index in [1.165, 1.54) is 0 Å². The highest BCUT2D eigenvalue weighted by molar-refractivity contribution is 5.89. The first-order chi connectivity index (χ1) is 9.60. The Balaban J connectivity index is 2.41. The number of carbonyl (C=O) groups excluding carboxylic acids is 1. The van der Waals surface area contributed by atoms with Gasteiger partial charge in [-0.05, 0) is 44.3 Å². The molecule has 0 bridgehead atoms. The summed E-state index contributed by atoms with van der Waals surface area (Å²) in [5, 5.41) is 14.3. The number of nitrogens with zero attached hydrogens (tertiary/aromatic N) is 2. The predicted octanol–water partition coefficient (Wildman–Crippen LogP) is 2.41. The third kappa shape index (κ3) is 4.90. The number of anilines is 1. The highest BCUT2D eigenvalue weighted by atomic mass is 16.2. The number of hydrogen-bond donors (Lipinski definition) is 2. The van der Waals surface area contributed by atoms with Gasteiger partial charge in [0, 0.05) is 18.3 Å². The van der Waals surface area contributed by atoms with Crippen LogP contribution >= 0.6 is 0 Å². The van der Waals surface area contributed by atoms with Crippen LogP contribution in [0.15, 0.2) is 24.3 Å². The zero-order chi connectivity index (χ0) is 15.0. The lowest BCUT2D eigenvalue weighted by Crippen LogP contribution is -2.43. The van der Waals surface area contributed by atoms with Crippen LogP contribution < -0.4 is 10.6 Å². The summed E-state index contributed by atoms with van der Waals surface area (Å²) in [5.41, 5.74) is 1.25. The van der Waals surface area contributed by atoms with Gasteiger partial charge in [-0.1, -0.05) is 13.8 Å². The molecule has 0 aliphatic carbocycles. The van der Waals surface area contributed by atoms with Crippen molar-refractivity contribution in [2.75, 3.05) is 25.0 Å². The molecule has 0 aromatic heterocycles. The molecule has 20 heavy (non-hydrogen) atoms. The molecule has 0 spiro atoms. The molecule has 0 aliphatic heterocycles. The number of rotatable bonds is 6. The Morgan fingerprint density at radius 1 is 1.30 bits per heavy atom. The second-order valence-corrected chi connectivity index (χ2v) is 4.59. The molecule has 1 atom stereocenters. The van der Waals surface area contributed by atoms with Gasteiger partial charge in [-0.15, -0.1) is 0 Å². The number of urea groups is 1. The first-order valence-corrected chi connectivity index (χ1v) is 6.89. The van der Waals surface area contributed by atoms with Crippen LogP contribution in [0.5, 0.6) is 0 Å². The summed E-state index contributed by atoms with van der Waals surface area (Å²) in [5.74, 6) is 0. The Labute approximate surface area is 120 Å². The van der Waals surface area contributed by atoms with Crippen molar-refractivity contribution >= 4 is 11.7 Å². The lowest BCUT2D eigenvalue weighted by atomic mass is 10.2. The molecule has 0 heterocycles. The molecule has 1 aromatic carbocycles. The molecular formula is C15H22N4O. The molecule has 1 aromatic rings. The zero-order valence-electron chi connectivity index (χ0n) is 12.3. The van der Waals surface area contributed by atoms with E-state index >= 15 is 0 Å². The van der Waals surface area contributed by atoms with Crippen molar-refractivity contribution in [3.63, 3.8) is 0 Å². The fourth-order valence-corrected chi connectivity index (χ4v) is 2.02. The van der Waals surface area contributed by atoms with Gasteiger partial charge in [0.15, 0.2) is 0 Å². The van der Waals surface area contributed by atoms with E-state index in [-0.39, 0.29) is 6.03 Å². The van der Waals surface area contributed by atoms with Gasteiger partial charge in [0.05, 0.1) is 11.6 Å². The summed E-state index contributed by atoms with van der Waals surface area (Å²) in [4.78, 5) is 14.0. The molecule has 0 radical (unpaired) electrons. The quantitative estimate of drug-likeness (QED) is 0.837. The van der Waals surface area contributed by atoms with E-state index in [1.807, 2.05) is 6.07 Å². The van der Waals surface area contributed by atoms with Crippen LogP contribution in [-0.4, -0.2) is 36.6 Å². The van der Waals surface area contributed by atoms with Gasteiger partial charge in [-0.2, -0.15) is 5.26 Å². The first kappa shape index (κ1) is 16.0. The lowest BCUT2D eigenvalue weighted by molar-refractivity contribution is 0.220. The first-order valence-electron chi connectivity index (χ1n) is 6.89. The van der Waals surface area contributed by atoms with E-state index in [0.717, 1.165) is 13.1 Å². The van der Waals surface area contributed by atoms with Crippen LogP contribution in [0, 0.1) is 11.3 Å². The predicted molar refractivity (Wildman–Crippen MR) is 80.6 cm³/mol. The molecule has 0 unspecified atom stereocenters. The molecule has 0 saturated carbocycles. The minimum absolute atomic E-state index is 0.228. The maximum absolute atomic E-state index is 11.8. The summed E-state index contributed by atoms with van der Waals surface area (Å²) in [7, 11) is 0. The van der Waals surface area contributed by atoms with Crippen molar-refractivity contribution in [3.05, 3.63) is 29.8 Å². The molecular weight excluding hydrogens is 252 g/mol. The number of hydrogen-bond acceptors (Lipinski definition) is 3. The summed E-state index contributed by atoms with van der Waals surface area (Å²) >= 11 is 0. The SMILES string of the molecule is CCN(CC)[C@H](C)CNC(=O)Nc1ccc(C#N)cc1. The number of amides is 2. The van der Waals surface area contributed by atoms with Crippen molar-refractivity contribution in [2.24, 2.45) is 0 Å². The summed E-state index contributed by atoms with van der Waals surface area (Å²) in [6.45, 7) is 8.85. The molecule has 1 rings (SSSR count). The van der Waals surface area contributed by atoms with E-state index < -0.39 is 0 Å². The van der Waals surface area contributed by atoms with Crippen LogP contribution in [0.3, 0.4) is 0 Å². The highest BCUT2D eigenvalue weighted by Gasteiger charge is 2.11. The van der Waals surface area contributed by atoms with Crippen LogP contribution in [0.4, 0.5) is 10.5 Å². The highest BCUT2D eigenvalue weighted by Crippen LogP contribution is 2.08. The molecule has 0 aliphatic rings. The van der Waals surface area contributed by atoms with Crippen LogP contribution in [0.2, 0.25) is 0 Å². The lowest BCUT2D eigenvalue weighted by Gasteiger charge is -2.26. The topological polar surface area (TPSA) is 68.2 Å². The van der Waals surface area contributed by atoms with Gasteiger partial charge in [-0.3, -0.25) is 4.90 Å². The standard InChI is InChI=1S/C15H22N4O/c1-4-19(5-2)12(3)11-17-15(20)18-14-8-6-13(10-16)7-9-14/h6-9,12H,4-5,11H2,1-3H3,(H2,17,18,20)/t12-/m1/s1. The maximum Gasteiger partial charge on any atom is 0.319 e. The molecule has 5 heteroatoms. The van der Waals surface area contributed by atoms with Gasteiger partial charge >= 0.3 is 6.03 Å². The molecule has 0 saturated heterocycles. The van der Waals surface area contributed by atoms with Crippen LogP contribution in [-0.2, 0) is 0 Å². The largest absolute Gasteiger partial charge is 0.336 e. The smallest absolute Gasteiger partial charge is 0.319 e. The normalized spacial score (nSPS) is 11.8. The summed E-state index contributed by atoms with van der Waals surface area (Å²) in [6.07, 6.45) is 0. The number of likely N-dealkylation sites (N-methyl/N-ethyl adjacent to an activating group) is 1. The Bertz CT molecular complexity index is 460. The van der Waals surface area contributed by atoms with Gasteiger partial charge < -0.3 is 10.6 Å². The van der Waals surface area contributed by atoms with E-state index in [1.54, 1.807) is 24.3 Å². The second-order valence-electron chi connectivity index (χ2n) is 4.59. The molecule has 0 fully saturated rings. The second kappa shape index (κ2) is 8.18. The van der Waals surface area contributed by atoms with Gasteiger partial charge in [0.1, 0.15) is 0 Å². The van der Waals surface area contributed by atoms with Crippen molar-refractivity contribution in [2.45, 2.75) is 26.8 Å². The summed E-state index contributed by atoms with van der Waals surface area (Å²) < 4.78 is 0. The zero-order valence-corrected chi connectivity index (χ0v) is 12.3. The van der Waals surface area contributed by atoms with E-state index in [2.05, 4.69) is 36.3 Å². The number of carbonyl (C=O) groups is 1. The molecule has 2 amide bonds. The fraction of sp³-hybridized carbons (Fsp3) is 0.467. The monoisotopic (exact) mass is 274 g/mol. The summed E-state index contributed by atoms with van der Waals surface area (Å²) in [6, 6.07) is 8.89. The molecule has 108 valence electrons. The van der Waals surface area contributed by atoms with Crippen LogP contribution in [0.1, 0.15) is 26.3 Å². The molecule has 5 nitrogen and oxygen atoms in total. The number of benzene rings is 1. The Morgan fingerprint density at radius 3 is 2.40 bits per heavy atom. The van der Waals surface area contributed by atoms with Gasteiger partial charge in [0.25, 0.3) is 0 Å². The Morgan fingerprint density at radius 2 is 1.90 bits per heavy atom. The minimum Gasteiger partial charge on any atom is -0.336 e. The third-order valence-electron chi connectivity index (χ3n) is 3.27. The Kier molecular flexibility index (Phi) is 6.54. The number of nitrogens with one attached hydrogen (secondary N) is 2. The molecule has 2 N–H and O–H groups in total. The van der Waals surface area contributed by atoms with E-state index in [0.29, 0.717) is 23.8 Å². The average molecular weight is 274 g/mol. The Hall–Kier alpha value is -2.06. The third-order valence-corrected chi connectivity index (χ3v) is 3.27. The van der Waals surface area contributed by atoms with Crippen molar-refractivity contribution in [3.8, 4) is 6.07 Å². The minimum atomic E-state index is -0.228. The van der Waals surface area contributed by atoms with Crippen molar-refractivity contribution in [1.82, 2.24) is 10.2 Å². The average Bonchev–Trinajstić information content (AvgIpc) is 2.47. The van der Waals surface area contributed by atoms with Gasteiger partial charge in [-0.25, -0.2) is 4.79 Å².